The monoisotopic (exact) mass is 179 g/mol. The van der Waals surface area contributed by atoms with Gasteiger partial charge in [0, 0.05) is 18.7 Å². The zero-order valence-electron chi connectivity index (χ0n) is 10.7. The Kier molecular flexibility index (Phi) is 6.33. The van der Waals surface area contributed by atoms with E-state index in [-0.39, 0.29) is 20.3 Å². The van der Waals surface area contributed by atoms with Gasteiger partial charge in [-0.2, -0.15) is 0 Å². The molecule has 1 saturated heterocycles. The molecule has 1 aliphatic heterocycles. The SMILES string of the molecule is CC(C)N(C(C)C)C1CCCO1.[H-].[Li+]. The fraction of sp³-hybridized carbons (Fsp3) is 1.00. The van der Waals surface area contributed by atoms with Gasteiger partial charge in [-0.05, 0) is 40.5 Å². The minimum absolute atomic E-state index is 0. The van der Waals surface area contributed by atoms with Crippen molar-refractivity contribution in [2.75, 3.05) is 6.61 Å². The van der Waals surface area contributed by atoms with Gasteiger partial charge in [0.15, 0.2) is 0 Å². The zero-order chi connectivity index (χ0) is 9.14. The minimum atomic E-state index is 0. The second kappa shape index (κ2) is 6.09. The number of rotatable bonds is 3. The van der Waals surface area contributed by atoms with Gasteiger partial charge in [0.05, 0.1) is 0 Å². The molecule has 1 unspecified atom stereocenters. The zero-order valence-corrected chi connectivity index (χ0v) is 9.71. The summed E-state index contributed by atoms with van der Waals surface area (Å²) >= 11 is 0. The van der Waals surface area contributed by atoms with Crippen LogP contribution in [0.1, 0.15) is 42.0 Å². The summed E-state index contributed by atoms with van der Waals surface area (Å²) < 4.78 is 5.66. The molecule has 1 atom stereocenters. The molecule has 3 heteroatoms. The van der Waals surface area contributed by atoms with E-state index in [1.807, 2.05) is 0 Å². The van der Waals surface area contributed by atoms with E-state index in [0.29, 0.717) is 18.3 Å². The molecule has 0 aromatic carbocycles. The normalized spacial score (nSPS) is 22.8. The summed E-state index contributed by atoms with van der Waals surface area (Å²) in [5.41, 5.74) is 0. The van der Waals surface area contributed by atoms with E-state index in [2.05, 4.69) is 32.6 Å². The van der Waals surface area contributed by atoms with E-state index in [4.69, 9.17) is 4.74 Å². The Labute approximate surface area is 95.7 Å². The third kappa shape index (κ3) is 3.63. The first-order valence-corrected chi connectivity index (χ1v) is 5.02. The smallest absolute Gasteiger partial charge is 1.00 e. The molecule has 0 aromatic rings. The van der Waals surface area contributed by atoms with E-state index in [0.717, 1.165) is 6.61 Å². The third-order valence-corrected chi connectivity index (χ3v) is 2.43. The quantitative estimate of drug-likeness (QED) is 0.534. The average Bonchev–Trinajstić information content (AvgIpc) is 2.37. The van der Waals surface area contributed by atoms with Crippen molar-refractivity contribution in [3.8, 4) is 0 Å². The van der Waals surface area contributed by atoms with E-state index >= 15 is 0 Å². The first-order valence-electron chi connectivity index (χ1n) is 5.02. The standard InChI is InChI=1S/C10H21NO.Li.H/c1-8(2)11(9(3)4)10-6-5-7-12-10;;/h8-10H,5-7H2,1-4H3;;/q;+1;-1. The van der Waals surface area contributed by atoms with E-state index in [9.17, 15) is 0 Å². The Bertz CT molecular complexity index is 130. The van der Waals surface area contributed by atoms with Gasteiger partial charge in [0.25, 0.3) is 0 Å². The molecule has 0 amide bonds. The molecule has 2 nitrogen and oxygen atoms in total. The Morgan fingerprint density at radius 2 is 1.77 bits per heavy atom. The minimum Gasteiger partial charge on any atom is -1.00 e. The van der Waals surface area contributed by atoms with Crippen LogP contribution in [0.25, 0.3) is 0 Å². The van der Waals surface area contributed by atoms with Gasteiger partial charge >= 0.3 is 18.9 Å². The summed E-state index contributed by atoms with van der Waals surface area (Å²) in [6, 6.07) is 1.18. The van der Waals surface area contributed by atoms with Gasteiger partial charge in [-0.3, -0.25) is 4.90 Å². The largest absolute Gasteiger partial charge is 1.00 e. The van der Waals surface area contributed by atoms with Crippen molar-refractivity contribution in [2.24, 2.45) is 0 Å². The first-order chi connectivity index (χ1) is 5.63. The predicted molar refractivity (Wildman–Crippen MR) is 52.2 cm³/mol. The van der Waals surface area contributed by atoms with Crippen molar-refractivity contribution < 1.29 is 25.0 Å². The second-order valence-corrected chi connectivity index (χ2v) is 4.10. The number of nitrogens with zero attached hydrogens (tertiary/aromatic N) is 1. The Morgan fingerprint density at radius 1 is 1.23 bits per heavy atom. The van der Waals surface area contributed by atoms with E-state index in [1.165, 1.54) is 12.8 Å². The summed E-state index contributed by atoms with van der Waals surface area (Å²) in [5.74, 6) is 0. The Hall–Kier alpha value is 0.517. The Morgan fingerprint density at radius 3 is 2.08 bits per heavy atom. The summed E-state index contributed by atoms with van der Waals surface area (Å²) in [6.07, 6.45) is 2.81. The van der Waals surface area contributed by atoms with Gasteiger partial charge in [-0.15, -0.1) is 0 Å². The maximum absolute atomic E-state index is 5.66. The molecule has 74 valence electrons. The van der Waals surface area contributed by atoms with E-state index < -0.39 is 0 Å². The van der Waals surface area contributed by atoms with Gasteiger partial charge in [-0.1, -0.05) is 0 Å². The molecule has 1 fully saturated rings. The number of ether oxygens (including phenoxy) is 1. The van der Waals surface area contributed by atoms with Crippen molar-refractivity contribution in [3.05, 3.63) is 0 Å². The summed E-state index contributed by atoms with van der Waals surface area (Å²) in [4.78, 5) is 2.45. The topological polar surface area (TPSA) is 12.5 Å². The van der Waals surface area contributed by atoms with Crippen LogP contribution in [0.4, 0.5) is 0 Å². The fourth-order valence-electron chi connectivity index (χ4n) is 2.06. The molecule has 0 spiro atoms. The summed E-state index contributed by atoms with van der Waals surface area (Å²) in [7, 11) is 0. The summed E-state index contributed by atoms with van der Waals surface area (Å²) in [5, 5.41) is 0. The molecular formula is C10H22LiNO. The molecule has 1 rings (SSSR count). The van der Waals surface area contributed by atoms with Gasteiger partial charge in [0.1, 0.15) is 6.23 Å². The maximum atomic E-state index is 5.66. The Balaban J connectivity index is 0. The average molecular weight is 179 g/mol. The van der Waals surface area contributed by atoms with Crippen LogP contribution in [0.3, 0.4) is 0 Å². The molecule has 0 N–H and O–H groups in total. The molecular weight excluding hydrogens is 157 g/mol. The van der Waals surface area contributed by atoms with Gasteiger partial charge in [0.2, 0.25) is 0 Å². The van der Waals surface area contributed by atoms with Gasteiger partial charge in [-0.25, -0.2) is 0 Å². The number of hydrogen-bond donors (Lipinski definition) is 0. The van der Waals surface area contributed by atoms with Crippen molar-refractivity contribution in [3.63, 3.8) is 0 Å². The third-order valence-electron chi connectivity index (χ3n) is 2.43. The predicted octanol–water partition coefficient (Wildman–Crippen LogP) is -0.642. The van der Waals surface area contributed by atoms with Crippen LogP contribution < -0.4 is 18.9 Å². The summed E-state index contributed by atoms with van der Waals surface area (Å²) in [6.45, 7) is 9.90. The van der Waals surface area contributed by atoms with Crippen LogP contribution in [-0.4, -0.2) is 29.8 Å². The van der Waals surface area contributed by atoms with Crippen LogP contribution in [-0.2, 0) is 4.74 Å². The van der Waals surface area contributed by atoms with Crippen LogP contribution in [0.2, 0.25) is 0 Å². The van der Waals surface area contributed by atoms with Crippen molar-refractivity contribution >= 4 is 0 Å². The van der Waals surface area contributed by atoms with Crippen molar-refractivity contribution in [1.29, 1.82) is 0 Å². The molecule has 1 heterocycles. The van der Waals surface area contributed by atoms with Crippen LogP contribution >= 0.6 is 0 Å². The molecule has 0 radical (unpaired) electrons. The van der Waals surface area contributed by atoms with Crippen molar-refractivity contribution in [1.82, 2.24) is 4.90 Å². The van der Waals surface area contributed by atoms with Crippen LogP contribution in [0.15, 0.2) is 0 Å². The second-order valence-electron chi connectivity index (χ2n) is 4.10. The molecule has 0 saturated carbocycles. The van der Waals surface area contributed by atoms with Crippen LogP contribution in [0.5, 0.6) is 0 Å². The molecule has 13 heavy (non-hydrogen) atoms. The molecule has 1 aliphatic rings. The van der Waals surface area contributed by atoms with Crippen LogP contribution in [0, 0.1) is 0 Å². The number of hydrogen-bond acceptors (Lipinski definition) is 2. The molecule has 0 bridgehead atoms. The van der Waals surface area contributed by atoms with Gasteiger partial charge < -0.3 is 6.16 Å². The van der Waals surface area contributed by atoms with E-state index in [1.54, 1.807) is 0 Å². The fourth-order valence-corrected chi connectivity index (χ4v) is 2.06. The maximum Gasteiger partial charge on any atom is 1.00 e. The molecule has 0 aliphatic carbocycles. The molecule has 0 aromatic heterocycles. The van der Waals surface area contributed by atoms with Crippen molar-refractivity contribution in [2.45, 2.75) is 58.8 Å². The first kappa shape index (κ1) is 13.5.